The fourth-order valence-electron chi connectivity index (χ4n) is 1.31. The molecular formula is C14H23N. The van der Waals surface area contributed by atoms with E-state index in [1.807, 2.05) is 32.1 Å². The van der Waals surface area contributed by atoms with Crippen molar-refractivity contribution >= 4 is 0 Å². The maximum absolute atomic E-state index is 5.99. The monoisotopic (exact) mass is 205 g/mol. The van der Waals surface area contributed by atoms with Gasteiger partial charge in [-0.1, -0.05) is 43.7 Å². The fraction of sp³-hybridized carbons (Fsp3) is 0.429. The van der Waals surface area contributed by atoms with Crippen LogP contribution in [0.3, 0.4) is 0 Å². The average molecular weight is 205 g/mol. The fourth-order valence-corrected chi connectivity index (χ4v) is 1.31. The summed E-state index contributed by atoms with van der Waals surface area (Å²) in [7, 11) is 0. The van der Waals surface area contributed by atoms with E-state index in [2.05, 4.69) is 25.2 Å². The van der Waals surface area contributed by atoms with Crippen molar-refractivity contribution in [2.45, 2.75) is 40.0 Å². The first kappa shape index (κ1) is 13.8. The SMILES string of the molecule is CC=CC/C=C/C(N)=C(\C=CC)CCC. The molecule has 0 aliphatic heterocycles. The van der Waals surface area contributed by atoms with Crippen LogP contribution in [-0.2, 0) is 0 Å². The maximum Gasteiger partial charge on any atom is 0.0343 e. The number of hydrogen-bond acceptors (Lipinski definition) is 1. The lowest BCUT2D eigenvalue weighted by Gasteiger charge is -2.02. The van der Waals surface area contributed by atoms with Crippen molar-refractivity contribution in [2.75, 3.05) is 0 Å². The van der Waals surface area contributed by atoms with Crippen molar-refractivity contribution in [2.24, 2.45) is 5.73 Å². The molecule has 0 spiro atoms. The Kier molecular flexibility index (Phi) is 8.55. The van der Waals surface area contributed by atoms with Crippen molar-refractivity contribution in [3.05, 3.63) is 47.7 Å². The molecule has 1 nitrogen and oxygen atoms in total. The zero-order valence-corrected chi connectivity index (χ0v) is 10.2. The molecule has 0 aromatic rings. The smallest absolute Gasteiger partial charge is 0.0343 e. The van der Waals surface area contributed by atoms with Crippen LogP contribution < -0.4 is 5.73 Å². The molecule has 0 rings (SSSR count). The van der Waals surface area contributed by atoms with Gasteiger partial charge >= 0.3 is 0 Å². The molecule has 0 bridgehead atoms. The van der Waals surface area contributed by atoms with Gasteiger partial charge in [0.25, 0.3) is 0 Å². The molecule has 84 valence electrons. The van der Waals surface area contributed by atoms with E-state index >= 15 is 0 Å². The highest BCUT2D eigenvalue weighted by Gasteiger charge is 1.94. The molecule has 0 heterocycles. The Labute approximate surface area is 94.1 Å². The summed E-state index contributed by atoms with van der Waals surface area (Å²) in [6.45, 7) is 6.21. The van der Waals surface area contributed by atoms with Crippen LogP contribution in [0.5, 0.6) is 0 Å². The second-order valence-electron chi connectivity index (χ2n) is 3.44. The van der Waals surface area contributed by atoms with Gasteiger partial charge in [0.2, 0.25) is 0 Å². The minimum absolute atomic E-state index is 0.888. The zero-order chi connectivity index (χ0) is 11.5. The van der Waals surface area contributed by atoms with Gasteiger partial charge < -0.3 is 5.73 Å². The topological polar surface area (TPSA) is 26.0 Å². The second-order valence-corrected chi connectivity index (χ2v) is 3.44. The molecule has 0 atom stereocenters. The van der Waals surface area contributed by atoms with Gasteiger partial charge in [-0.05, 0) is 38.3 Å². The number of rotatable bonds is 6. The molecule has 0 unspecified atom stereocenters. The molecule has 0 aliphatic carbocycles. The van der Waals surface area contributed by atoms with Crippen molar-refractivity contribution in [3.63, 3.8) is 0 Å². The molecule has 0 aromatic heterocycles. The van der Waals surface area contributed by atoms with Crippen molar-refractivity contribution in [1.29, 1.82) is 0 Å². The van der Waals surface area contributed by atoms with Gasteiger partial charge in [0, 0.05) is 5.70 Å². The third-order valence-electron chi connectivity index (χ3n) is 2.06. The van der Waals surface area contributed by atoms with Gasteiger partial charge in [-0.3, -0.25) is 0 Å². The Morgan fingerprint density at radius 1 is 1.07 bits per heavy atom. The summed E-state index contributed by atoms with van der Waals surface area (Å²) < 4.78 is 0. The highest BCUT2D eigenvalue weighted by atomic mass is 14.6. The maximum atomic E-state index is 5.99. The van der Waals surface area contributed by atoms with Crippen molar-refractivity contribution in [3.8, 4) is 0 Å². The van der Waals surface area contributed by atoms with Gasteiger partial charge in [0.15, 0.2) is 0 Å². The summed E-state index contributed by atoms with van der Waals surface area (Å²) in [5.74, 6) is 0. The highest BCUT2D eigenvalue weighted by Crippen LogP contribution is 2.10. The Morgan fingerprint density at radius 2 is 1.80 bits per heavy atom. The molecule has 0 radical (unpaired) electrons. The van der Waals surface area contributed by atoms with E-state index in [1.54, 1.807) is 0 Å². The zero-order valence-electron chi connectivity index (χ0n) is 10.2. The summed E-state index contributed by atoms with van der Waals surface area (Å²) >= 11 is 0. The van der Waals surface area contributed by atoms with Gasteiger partial charge in [-0.15, -0.1) is 0 Å². The Morgan fingerprint density at radius 3 is 2.33 bits per heavy atom. The summed E-state index contributed by atoms with van der Waals surface area (Å²) in [5, 5.41) is 0. The van der Waals surface area contributed by atoms with Crippen LogP contribution in [0, 0.1) is 0 Å². The molecule has 0 aromatic carbocycles. The lowest BCUT2D eigenvalue weighted by molar-refractivity contribution is 0.914. The van der Waals surface area contributed by atoms with Crippen LogP contribution in [-0.4, -0.2) is 0 Å². The number of nitrogens with two attached hydrogens (primary N) is 1. The van der Waals surface area contributed by atoms with Crippen LogP contribution in [0.25, 0.3) is 0 Å². The van der Waals surface area contributed by atoms with Crippen LogP contribution in [0.15, 0.2) is 47.7 Å². The van der Waals surface area contributed by atoms with Gasteiger partial charge in [-0.2, -0.15) is 0 Å². The predicted octanol–water partition coefficient (Wildman–Crippen LogP) is 4.10. The normalized spacial score (nSPS) is 14.3. The summed E-state index contributed by atoms with van der Waals surface area (Å²) in [6.07, 6.45) is 15.5. The highest BCUT2D eigenvalue weighted by molar-refractivity contribution is 5.30. The molecule has 1 heteroatoms. The third kappa shape index (κ3) is 6.78. The van der Waals surface area contributed by atoms with E-state index in [0.717, 1.165) is 25.0 Å². The largest absolute Gasteiger partial charge is 0.399 e. The van der Waals surface area contributed by atoms with Crippen LogP contribution >= 0.6 is 0 Å². The molecule has 15 heavy (non-hydrogen) atoms. The van der Waals surface area contributed by atoms with E-state index < -0.39 is 0 Å². The van der Waals surface area contributed by atoms with Crippen molar-refractivity contribution < 1.29 is 0 Å². The van der Waals surface area contributed by atoms with Crippen molar-refractivity contribution in [1.82, 2.24) is 0 Å². The molecule has 2 N–H and O–H groups in total. The molecule has 0 amide bonds. The minimum Gasteiger partial charge on any atom is -0.399 e. The first-order valence-electron chi connectivity index (χ1n) is 5.65. The lowest BCUT2D eigenvalue weighted by atomic mass is 10.1. The second kappa shape index (κ2) is 9.32. The van der Waals surface area contributed by atoms with E-state index in [1.165, 1.54) is 5.57 Å². The van der Waals surface area contributed by atoms with Crippen LogP contribution in [0.2, 0.25) is 0 Å². The minimum atomic E-state index is 0.888. The molecule has 0 saturated carbocycles. The van der Waals surface area contributed by atoms with E-state index in [-0.39, 0.29) is 0 Å². The van der Waals surface area contributed by atoms with Gasteiger partial charge in [0.1, 0.15) is 0 Å². The Bertz CT molecular complexity index is 267. The summed E-state index contributed by atoms with van der Waals surface area (Å²) in [6, 6.07) is 0. The first-order valence-corrected chi connectivity index (χ1v) is 5.65. The van der Waals surface area contributed by atoms with E-state index in [9.17, 15) is 0 Å². The Hall–Kier alpha value is -1.24. The number of hydrogen-bond donors (Lipinski definition) is 1. The molecule has 0 aliphatic rings. The summed E-state index contributed by atoms with van der Waals surface area (Å²) in [5.41, 5.74) is 8.11. The van der Waals surface area contributed by atoms with Gasteiger partial charge in [-0.25, -0.2) is 0 Å². The average Bonchev–Trinajstić information content (AvgIpc) is 2.24. The molecular weight excluding hydrogens is 182 g/mol. The number of allylic oxidation sites excluding steroid dienone is 7. The quantitative estimate of drug-likeness (QED) is 0.513. The van der Waals surface area contributed by atoms with Crippen LogP contribution in [0.1, 0.15) is 40.0 Å². The third-order valence-corrected chi connectivity index (χ3v) is 2.06. The lowest BCUT2D eigenvalue weighted by Crippen LogP contribution is -1.98. The first-order chi connectivity index (χ1) is 7.26. The standard InChI is InChI=1S/C14H23N/c1-4-7-8-9-12-14(15)13(10-5-2)11-6-3/h4-5,7,9-10,12H,6,8,11,15H2,1-3H3/b7-4?,10-5?,12-9+,14-13-. The molecule has 0 fully saturated rings. The predicted molar refractivity (Wildman–Crippen MR) is 69.5 cm³/mol. The summed E-state index contributed by atoms with van der Waals surface area (Å²) in [4.78, 5) is 0. The van der Waals surface area contributed by atoms with Crippen LogP contribution in [0.4, 0.5) is 0 Å². The van der Waals surface area contributed by atoms with E-state index in [0.29, 0.717) is 0 Å². The van der Waals surface area contributed by atoms with Gasteiger partial charge in [0.05, 0.1) is 0 Å². The van der Waals surface area contributed by atoms with E-state index in [4.69, 9.17) is 5.73 Å². The Balaban J connectivity index is 4.47. The molecule has 0 saturated heterocycles.